The van der Waals surface area contributed by atoms with Crippen molar-refractivity contribution in [3.63, 3.8) is 0 Å². The molecule has 0 aliphatic carbocycles. The minimum atomic E-state index is 0.547. The molecule has 32 heavy (non-hydrogen) atoms. The number of ether oxygens (including phenoxy) is 4. The molecular formula is C25H29N3O4. The van der Waals surface area contributed by atoms with E-state index in [1.807, 2.05) is 18.3 Å². The van der Waals surface area contributed by atoms with Gasteiger partial charge in [-0.2, -0.15) is 0 Å². The molecule has 1 aliphatic heterocycles. The summed E-state index contributed by atoms with van der Waals surface area (Å²) in [6.07, 6.45) is 3.62. The van der Waals surface area contributed by atoms with Crippen molar-refractivity contribution in [3.05, 3.63) is 48.8 Å². The lowest BCUT2D eigenvalue weighted by Crippen LogP contribution is -2.43. The van der Waals surface area contributed by atoms with Crippen molar-refractivity contribution in [3.8, 4) is 45.3 Å². The van der Waals surface area contributed by atoms with Gasteiger partial charge in [0, 0.05) is 55.4 Å². The molecule has 2 heterocycles. The molecule has 0 bridgehead atoms. The van der Waals surface area contributed by atoms with Gasteiger partial charge in [-0.15, -0.1) is 0 Å². The Kier molecular flexibility index (Phi) is 6.66. The average molecular weight is 436 g/mol. The van der Waals surface area contributed by atoms with Gasteiger partial charge in [-0.25, -0.2) is 0 Å². The van der Waals surface area contributed by atoms with Crippen LogP contribution in [0.25, 0.3) is 22.3 Å². The second-order valence-electron chi connectivity index (χ2n) is 7.47. The number of pyridine rings is 1. The summed E-state index contributed by atoms with van der Waals surface area (Å²) in [5.74, 6) is 2.44. The Morgan fingerprint density at radius 3 is 1.81 bits per heavy atom. The van der Waals surface area contributed by atoms with Crippen LogP contribution in [0.2, 0.25) is 0 Å². The molecule has 7 heteroatoms. The fraction of sp³-hybridized carbons (Fsp3) is 0.320. The van der Waals surface area contributed by atoms with Crippen LogP contribution in [0, 0.1) is 0 Å². The number of hydrogen-bond acceptors (Lipinski definition) is 7. The monoisotopic (exact) mass is 435 g/mol. The first-order chi connectivity index (χ1) is 15.7. The van der Waals surface area contributed by atoms with Crippen LogP contribution in [-0.4, -0.2) is 59.6 Å². The molecule has 4 rings (SSSR count). The highest BCUT2D eigenvalue weighted by Gasteiger charge is 2.19. The molecule has 0 amide bonds. The Hall–Kier alpha value is -3.45. The van der Waals surface area contributed by atoms with Gasteiger partial charge in [-0.3, -0.25) is 4.98 Å². The Morgan fingerprint density at radius 2 is 1.28 bits per heavy atom. The summed E-state index contributed by atoms with van der Waals surface area (Å²) < 4.78 is 22.4. The summed E-state index contributed by atoms with van der Waals surface area (Å²) >= 11 is 0. The average Bonchev–Trinajstić information content (AvgIpc) is 2.87. The van der Waals surface area contributed by atoms with Crippen molar-refractivity contribution < 1.29 is 18.9 Å². The molecule has 1 aromatic heterocycles. The van der Waals surface area contributed by atoms with Gasteiger partial charge in [0.25, 0.3) is 0 Å². The maximum absolute atomic E-state index is 5.86. The molecule has 0 atom stereocenters. The maximum atomic E-state index is 5.86. The number of nitrogens with one attached hydrogen (secondary N) is 1. The first kappa shape index (κ1) is 21.8. The molecule has 1 N–H and O–H groups in total. The fourth-order valence-electron chi connectivity index (χ4n) is 4.09. The largest absolute Gasteiger partial charge is 0.495 e. The van der Waals surface area contributed by atoms with E-state index in [1.165, 1.54) is 5.69 Å². The molecule has 0 unspecified atom stereocenters. The van der Waals surface area contributed by atoms with Gasteiger partial charge in [-0.05, 0) is 35.4 Å². The molecule has 1 fully saturated rings. The van der Waals surface area contributed by atoms with E-state index in [0.717, 1.165) is 54.2 Å². The third kappa shape index (κ3) is 4.16. The summed E-state index contributed by atoms with van der Waals surface area (Å²) in [5.41, 5.74) is 4.90. The number of nitrogens with zero attached hydrogens (tertiary/aromatic N) is 2. The van der Waals surface area contributed by atoms with E-state index in [4.69, 9.17) is 18.9 Å². The zero-order valence-corrected chi connectivity index (χ0v) is 19.0. The molecule has 0 radical (unpaired) electrons. The number of hydrogen-bond donors (Lipinski definition) is 1. The van der Waals surface area contributed by atoms with Gasteiger partial charge >= 0.3 is 0 Å². The topological polar surface area (TPSA) is 65.1 Å². The zero-order chi connectivity index (χ0) is 22.5. The minimum absolute atomic E-state index is 0.547. The van der Waals surface area contributed by atoms with E-state index >= 15 is 0 Å². The van der Waals surface area contributed by atoms with Gasteiger partial charge < -0.3 is 29.2 Å². The molecule has 1 saturated heterocycles. The van der Waals surface area contributed by atoms with Gasteiger partial charge in [0.2, 0.25) is 5.75 Å². The Labute approximate surface area is 188 Å². The normalized spacial score (nSPS) is 13.6. The summed E-state index contributed by atoms with van der Waals surface area (Å²) in [6.45, 7) is 4.05. The van der Waals surface area contributed by atoms with Crippen molar-refractivity contribution in [2.45, 2.75) is 0 Å². The molecule has 1 aliphatic rings. The molecule has 0 spiro atoms. The van der Waals surface area contributed by atoms with Gasteiger partial charge in [0.05, 0.1) is 28.4 Å². The Morgan fingerprint density at radius 1 is 0.719 bits per heavy atom. The molecule has 2 aromatic carbocycles. The maximum Gasteiger partial charge on any atom is 0.203 e. The highest BCUT2D eigenvalue weighted by molar-refractivity contribution is 5.83. The highest BCUT2D eigenvalue weighted by atomic mass is 16.5. The van der Waals surface area contributed by atoms with Crippen LogP contribution < -0.4 is 29.2 Å². The van der Waals surface area contributed by atoms with Gasteiger partial charge in [0.15, 0.2) is 11.5 Å². The number of rotatable bonds is 7. The van der Waals surface area contributed by atoms with E-state index in [1.54, 1.807) is 34.6 Å². The molecular weight excluding hydrogens is 406 g/mol. The first-order valence-corrected chi connectivity index (χ1v) is 10.6. The van der Waals surface area contributed by atoms with Crippen LogP contribution in [0.5, 0.6) is 23.0 Å². The van der Waals surface area contributed by atoms with Crippen molar-refractivity contribution in [1.29, 1.82) is 0 Å². The number of benzene rings is 2. The van der Waals surface area contributed by atoms with Crippen LogP contribution >= 0.6 is 0 Å². The summed E-state index contributed by atoms with van der Waals surface area (Å²) in [5, 5.41) is 3.39. The number of aromatic nitrogens is 1. The quantitative estimate of drug-likeness (QED) is 0.605. The van der Waals surface area contributed by atoms with E-state index in [9.17, 15) is 0 Å². The third-order valence-electron chi connectivity index (χ3n) is 5.74. The lowest BCUT2D eigenvalue weighted by molar-refractivity contribution is 0.324. The highest BCUT2D eigenvalue weighted by Crippen LogP contribution is 2.45. The van der Waals surface area contributed by atoms with E-state index in [-0.39, 0.29) is 0 Å². The standard InChI is InChI=1S/C25H29N3O4/c1-29-22-13-18(14-23(30-2)25(22)32-4)21-16-27-15-20(24(21)31-3)17-5-7-19(8-6-17)28-11-9-26-10-12-28/h5-8,13-16,26H,9-12H2,1-4H3. The second kappa shape index (κ2) is 9.78. The Bertz CT molecular complexity index is 1040. The SMILES string of the molecule is COc1cc(-c2cncc(-c3ccc(N4CCNCC4)cc3)c2OC)cc(OC)c1OC. The van der Waals surface area contributed by atoms with Gasteiger partial charge in [0.1, 0.15) is 5.75 Å². The van der Waals surface area contributed by atoms with E-state index in [0.29, 0.717) is 17.2 Å². The number of methoxy groups -OCH3 is 4. The lowest BCUT2D eigenvalue weighted by atomic mass is 9.99. The Balaban J connectivity index is 1.74. The van der Waals surface area contributed by atoms with Crippen LogP contribution in [0.15, 0.2) is 48.8 Å². The van der Waals surface area contributed by atoms with E-state index < -0.39 is 0 Å². The second-order valence-corrected chi connectivity index (χ2v) is 7.47. The van der Waals surface area contributed by atoms with Crippen molar-refractivity contribution in [2.24, 2.45) is 0 Å². The van der Waals surface area contributed by atoms with Crippen molar-refractivity contribution >= 4 is 5.69 Å². The van der Waals surface area contributed by atoms with Crippen molar-refractivity contribution in [2.75, 3.05) is 59.5 Å². The predicted octanol–water partition coefficient (Wildman–Crippen LogP) is 3.86. The van der Waals surface area contributed by atoms with Crippen LogP contribution in [-0.2, 0) is 0 Å². The summed E-state index contributed by atoms with van der Waals surface area (Å²) in [4.78, 5) is 6.89. The minimum Gasteiger partial charge on any atom is -0.495 e. The lowest BCUT2D eigenvalue weighted by Gasteiger charge is -2.29. The van der Waals surface area contributed by atoms with Crippen LogP contribution in [0.1, 0.15) is 0 Å². The predicted molar refractivity (Wildman–Crippen MR) is 126 cm³/mol. The molecule has 3 aromatic rings. The molecule has 7 nitrogen and oxygen atoms in total. The summed E-state index contributed by atoms with van der Waals surface area (Å²) in [6, 6.07) is 12.4. The first-order valence-electron chi connectivity index (χ1n) is 10.6. The smallest absolute Gasteiger partial charge is 0.203 e. The molecule has 0 saturated carbocycles. The fourth-order valence-corrected chi connectivity index (χ4v) is 4.09. The van der Waals surface area contributed by atoms with E-state index in [2.05, 4.69) is 39.5 Å². The summed E-state index contributed by atoms with van der Waals surface area (Å²) in [7, 11) is 6.47. The van der Waals surface area contributed by atoms with Crippen LogP contribution in [0.4, 0.5) is 5.69 Å². The van der Waals surface area contributed by atoms with Crippen LogP contribution in [0.3, 0.4) is 0 Å². The number of piperazine rings is 1. The van der Waals surface area contributed by atoms with Gasteiger partial charge in [-0.1, -0.05) is 12.1 Å². The zero-order valence-electron chi connectivity index (χ0n) is 19.0. The van der Waals surface area contributed by atoms with Crippen molar-refractivity contribution in [1.82, 2.24) is 10.3 Å². The third-order valence-corrected chi connectivity index (χ3v) is 5.74. The molecule has 168 valence electrons. The number of anilines is 1.